The Bertz CT molecular complexity index is 908. The van der Waals surface area contributed by atoms with Gasteiger partial charge in [0.15, 0.2) is 0 Å². The molecule has 2 aromatic carbocycles. The summed E-state index contributed by atoms with van der Waals surface area (Å²) < 4.78 is 24.9. The molecular weight excluding hydrogens is 350 g/mol. The fraction of sp³-hybridized carbons (Fsp3) is 0.316. The molecule has 1 aliphatic heterocycles. The van der Waals surface area contributed by atoms with Crippen LogP contribution in [-0.4, -0.2) is 27.1 Å². The third kappa shape index (κ3) is 4.76. The molecule has 1 unspecified atom stereocenters. The summed E-state index contributed by atoms with van der Waals surface area (Å²) in [5.41, 5.74) is 4.81. The van der Waals surface area contributed by atoms with Crippen LogP contribution in [-0.2, 0) is 27.7 Å². The van der Waals surface area contributed by atoms with E-state index in [1.54, 1.807) is 24.3 Å². The standard InChI is InChI=1S/C19H23N3O3S/c1-13(15-5-7-17(8-6-15)22-26(2,24)25)21-19(23)12-14-3-4-16-9-10-20-18(16)11-14/h3-8,11,13,20,22H,9-10,12H2,1-2H3,(H,21,23). The minimum Gasteiger partial charge on any atom is -0.384 e. The third-order valence-electron chi connectivity index (χ3n) is 4.34. The first kappa shape index (κ1) is 18.3. The molecular formula is C19H23N3O3S. The van der Waals surface area contributed by atoms with Gasteiger partial charge in [0, 0.05) is 17.9 Å². The highest BCUT2D eigenvalue weighted by molar-refractivity contribution is 7.92. The Morgan fingerprint density at radius 3 is 2.62 bits per heavy atom. The molecule has 3 N–H and O–H groups in total. The zero-order chi connectivity index (χ0) is 18.7. The maximum absolute atomic E-state index is 12.3. The van der Waals surface area contributed by atoms with Crippen LogP contribution in [0.15, 0.2) is 42.5 Å². The molecule has 1 aliphatic rings. The largest absolute Gasteiger partial charge is 0.384 e. The van der Waals surface area contributed by atoms with E-state index in [0.717, 1.165) is 36.0 Å². The summed E-state index contributed by atoms with van der Waals surface area (Å²) in [6, 6.07) is 12.9. The third-order valence-corrected chi connectivity index (χ3v) is 4.95. The summed E-state index contributed by atoms with van der Waals surface area (Å²) in [6.07, 6.45) is 2.47. The van der Waals surface area contributed by atoms with Crippen molar-refractivity contribution >= 4 is 27.3 Å². The Kier molecular flexibility index (Phi) is 5.18. The van der Waals surface area contributed by atoms with Crippen LogP contribution in [0.5, 0.6) is 0 Å². The van der Waals surface area contributed by atoms with E-state index in [4.69, 9.17) is 0 Å². The second-order valence-electron chi connectivity index (χ2n) is 6.63. The molecule has 0 radical (unpaired) electrons. The first-order chi connectivity index (χ1) is 12.3. The summed E-state index contributed by atoms with van der Waals surface area (Å²) in [7, 11) is -3.29. The lowest BCUT2D eigenvalue weighted by molar-refractivity contribution is -0.121. The molecule has 0 fully saturated rings. The van der Waals surface area contributed by atoms with Crippen molar-refractivity contribution in [1.29, 1.82) is 0 Å². The summed E-state index contributed by atoms with van der Waals surface area (Å²) in [5.74, 6) is -0.0474. The van der Waals surface area contributed by atoms with Crippen LogP contribution < -0.4 is 15.4 Å². The Hall–Kier alpha value is -2.54. The van der Waals surface area contributed by atoms with Gasteiger partial charge in [0.1, 0.15) is 0 Å². The number of hydrogen-bond donors (Lipinski definition) is 3. The second kappa shape index (κ2) is 7.37. The average molecular weight is 373 g/mol. The molecule has 0 saturated carbocycles. The summed E-state index contributed by atoms with van der Waals surface area (Å²) >= 11 is 0. The number of anilines is 2. The molecule has 6 nitrogen and oxygen atoms in total. The highest BCUT2D eigenvalue weighted by atomic mass is 32.2. The highest BCUT2D eigenvalue weighted by Gasteiger charge is 2.14. The minimum absolute atomic E-state index is 0.0474. The quantitative estimate of drug-likeness (QED) is 0.726. The van der Waals surface area contributed by atoms with Crippen LogP contribution in [0.3, 0.4) is 0 Å². The van der Waals surface area contributed by atoms with Gasteiger partial charge in [0.05, 0.1) is 18.7 Å². The molecule has 1 heterocycles. The van der Waals surface area contributed by atoms with Gasteiger partial charge in [-0.2, -0.15) is 0 Å². The Balaban J connectivity index is 1.58. The number of amides is 1. The average Bonchev–Trinajstić information content (AvgIpc) is 3.01. The maximum atomic E-state index is 12.3. The van der Waals surface area contributed by atoms with Gasteiger partial charge in [-0.25, -0.2) is 8.42 Å². The van der Waals surface area contributed by atoms with Crippen molar-refractivity contribution in [3.63, 3.8) is 0 Å². The summed E-state index contributed by atoms with van der Waals surface area (Å²) in [6.45, 7) is 2.85. The fourth-order valence-corrected chi connectivity index (χ4v) is 3.63. The van der Waals surface area contributed by atoms with E-state index in [-0.39, 0.29) is 11.9 Å². The zero-order valence-electron chi connectivity index (χ0n) is 14.9. The summed E-state index contributed by atoms with van der Waals surface area (Å²) in [4.78, 5) is 12.3. The second-order valence-corrected chi connectivity index (χ2v) is 8.38. The number of fused-ring (bicyclic) bond motifs is 1. The van der Waals surface area contributed by atoms with Gasteiger partial charge in [0.25, 0.3) is 0 Å². The van der Waals surface area contributed by atoms with Gasteiger partial charge in [-0.15, -0.1) is 0 Å². The van der Waals surface area contributed by atoms with Gasteiger partial charge in [0.2, 0.25) is 15.9 Å². The summed E-state index contributed by atoms with van der Waals surface area (Å²) in [5, 5.41) is 6.30. The van der Waals surface area contributed by atoms with Gasteiger partial charge >= 0.3 is 0 Å². The number of carbonyl (C=O) groups is 1. The smallest absolute Gasteiger partial charge is 0.229 e. The van der Waals surface area contributed by atoms with Crippen LogP contribution in [0.1, 0.15) is 29.7 Å². The SMILES string of the molecule is CC(NC(=O)Cc1ccc2c(c1)NCC2)c1ccc(NS(C)(=O)=O)cc1. The van der Waals surface area contributed by atoms with E-state index in [9.17, 15) is 13.2 Å². The van der Waals surface area contributed by atoms with Crippen molar-refractivity contribution in [2.75, 3.05) is 22.8 Å². The number of carbonyl (C=O) groups excluding carboxylic acids is 1. The molecule has 7 heteroatoms. The van der Waals surface area contributed by atoms with Crippen LogP contribution in [0.2, 0.25) is 0 Å². The maximum Gasteiger partial charge on any atom is 0.229 e. The lowest BCUT2D eigenvalue weighted by Gasteiger charge is -2.15. The van der Waals surface area contributed by atoms with Crippen molar-refractivity contribution < 1.29 is 13.2 Å². The van der Waals surface area contributed by atoms with Crippen molar-refractivity contribution in [2.45, 2.75) is 25.8 Å². The Morgan fingerprint density at radius 1 is 1.19 bits per heavy atom. The Morgan fingerprint density at radius 2 is 1.92 bits per heavy atom. The number of nitrogens with one attached hydrogen (secondary N) is 3. The van der Waals surface area contributed by atoms with E-state index in [2.05, 4.69) is 21.4 Å². The number of sulfonamides is 1. The predicted octanol–water partition coefficient (Wildman–Crippen LogP) is 2.45. The van der Waals surface area contributed by atoms with Crippen LogP contribution in [0, 0.1) is 0 Å². The van der Waals surface area contributed by atoms with Gasteiger partial charge in [-0.3, -0.25) is 9.52 Å². The predicted molar refractivity (Wildman–Crippen MR) is 104 cm³/mol. The lowest BCUT2D eigenvalue weighted by Crippen LogP contribution is -2.28. The number of benzene rings is 2. The number of rotatable bonds is 6. The van der Waals surface area contributed by atoms with Crippen LogP contribution in [0.4, 0.5) is 11.4 Å². The molecule has 2 aromatic rings. The molecule has 0 saturated heterocycles. The zero-order valence-corrected chi connectivity index (χ0v) is 15.7. The van der Waals surface area contributed by atoms with Crippen molar-refractivity contribution in [2.24, 2.45) is 0 Å². The van der Waals surface area contributed by atoms with E-state index >= 15 is 0 Å². The molecule has 0 aromatic heterocycles. The molecule has 1 amide bonds. The lowest BCUT2D eigenvalue weighted by atomic mass is 10.1. The van der Waals surface area contributed by atoms with Crippen molar-refractivity contribution in [1.82, 2.24) is 5.32 Å². The Labute approximate surface area is 154 Å². The molecule has 0 bridgehead atoms. The fourth-order valence-electron chi connectivity index (χ4n) is 3.06. The molecule has 0 spiro atoms. The monoisotopic (exact) mass is 373 g/mol. The first-order valence-corrected chi connectivity index (χ1v) is 10.4. The number of hydrogen-bond acceptors (Lipinski definition) is 4. The first-order valence-electron chi connectivity index (χ1n) is 8.53. The van der Waals surface area contributed by atoms with Gasteiger partial charge in [-0.05, 0) is 48.2 Å². The van der Waals surface area contributed by atoms with Crippen LogP contribution >= 0.6 is 0 Å². The molecule has 1 atom stereocenters. The molecule has 138 valence electrons. The molecule has 26 heavy (non-hydrogen) atoms. The van der Waals surface area contributed by atoms with E-state index in [1.165, 1.54) is 5.56 Å². The van der Waals surface area contributed by atoms with E-state index in [1.807, 2.05) is 19.1 Å². The van der Waals surface area contributed by atoms with E-state index in [0.29, 0.717) is 12.1 Å². The molecule has 0 aliphatic carbocycles. The highest BCUT2D eigenvalue weighted by Crippen LogP contribution is 2.23. The molecule has 3 rings (SSSR count). The van der Waals surface area contributed by atoms with Crippen molar-refractivity contribution in [3.05, 3.63) is 59.2 Å². The van der Waals surface area contributed by atoms with Crippen molar-refractivity contribution in [3.8, 4) is 0 Å². The minimum atomic E-state index is -3.29. The topological polar surface area (TPSA) is 87.3 Å². The normalized spacial score (nSPS) is 14.2. The van der Waals surface area contributed by atoms with Gasteiger partial charge in [-0.1, -0.05) is 24.3 Å². The van der Waals surface area contributed by atoms with Crippen LogP contribution in [0.25, 0.3) is 0 Å². The van der Waals surface area contributed by atoms with Gasteiger partial charge < -0.3 is 10.6 Å². The van der Waals surface area contributed by atoms with E-state index < -0.39 is 10.0 Å².